The van der Waals surface area contributed by atoms with Gasteiger partial charge in [0.1, 0.15) is 0 Å². The molecule has 1 atom stereocenters. The van der Waals surface area contributed by atoms with Crippen LogP contribution in [0, 0.1) is 18.8 Å². The number of carbonyl (C=O) groups is 4. The fourth-order valence-electron chi connectivity index (χ4n) is 8.96. The Bertz CT molecular complexity index is 1680. The maximum Gasteiger partial charge on any atom is 0.410 e. The summed E-state index contributed by atoms with van der Waals surface area (Å²) in [5, 5.41) is 3.46. The molecule has 0 spiro atoms. The Morgan fingerprint density at radius 2 is 1.60 bits per heavy atom. The number of amides is 4. The van der Waals surface area contributed by atoms with Crippen molar-refractivity contribution < 1.29 is 28.7 Å². The number of ether oxygens (including phenoxy) is 2. The van der Waals surface area contributed by atoms with E-state index in [0.717, 1.165) is 87.1 Å². The van der Waals surface area contributed by atoms with Gasteiger partial charge in [0.2, 0.25) is 0 Å². The molecule has 0 saturated carbocycles. The third-order valence-electron chi connectivity index (χ3n) is 12.4. The molecule has 0 unspecified atom stereocenters. The Balaban J connectivity index is 0.992. The van der Waals surface area contributed by atoms with Crippen LogP contribution in [0.15, 0.2) is 36.4 Å². The maximum atomic E-state index is 14.2. The fraction of sp³-hybridized carbons (Fsp3) is 0.628. The van der Waals surface area contributed by atoms with Gasteiger partial charge in [-0.3, -0.25) is 9.59 Å². The third-order valence-corrected chi connectivity index (χ3v) is 12.7. The van der Waals surface area contributed by atoms with Crippen LogP contribution in [-0.2, 0) is 31.9 Å². The Labute approximate surface area is 343 Å². The molecule has 3 N–H and O–H groups in total. The number of esters is 1. The number of urea groups is 1. The summed E-state index contributed by atoms with van der Waals surface area (Å²) in [5.74, 6) is 0.802. The normalized spacial score (nSPS) is 19.5. The SMILES string of the molecule is Cc1cc(C[C@@H](OC(=O)N2CCC(N3CCc4ccccc4NC3=O)CC2)C(=O)N2CCC(C3CCN(CCC(=O)OCCCN(C)C)CC3)CC2)cc(Cl)c1N. The molecule has 2 aromatic carbocycles. The highest BCUT2D eigenvalue weighted by molar-refractivity contribution is 6.33. The number of piperidine rings is 3. The highest BCUT2D eigenvalue weighted by atomic mass is 35.5. The molecular weight excluding hydrogens is 746 g/mol. The lowest BCUT2D eigenvalue weighted by Crippen LogP contribution is -2.52. The molecule has 312 valence electrons. The van der Waals surface area contributed by atoms with Crippen molar-refractivity contribution >= 4 is 47.0 Å². The molecule has 0 bridgehead atoms. The van der Waals surface area contributed by atoms with Gasteiger partial charge in [0, 0.05) is 64.0 Å². The number of aryl methyl sites for hydroxylation is 1. The number of nitrogens with zero attached hydrogens (tertiary/aromatic N) is 5. The van der Waals surface area contributed by atoms with E-state index in [0.29, 0.717) is 81.1 Å². The summed E-state index contributed by atoms with van der Waals surface area (Å²) >= 11 is 6.45. The van der Waals surface area contributed by atoms with Crippen molar-refractivity contribution in [1.82, 2.24) is 24.5 Å². The van der Waals surface area contributed by atoms with Crippen molar-refractivity contribution in [2.45, 2.75) is 83.3 Å². The van der Waals surface area contributed by atoms with E-state index in [-0.39, 0.29) is 30.4 Å². The number of halogens is 1. The van der Waals surface area contributed by atoms with Gasteiger partial charge in [0.05, 0.1) is 23.7 Å². The largest absolute Gasteiger partial charge is 0.466 e. The molecule has 6 rings (SSSR count). The number of fused-ring (bicyclic) bond motifs is 1. The minimum atomic E-state index is -1.01. The smallest absolute Gasteiger partial charge is 0.410 e. The molecule has 0 radical (unpaired) electrons. The molecule has 4 aliphatic rings. The monoisotopic (exact) mass is 807 g/mol. The van der Waals surface area contributed by atoms with Crippen LogP contribution in [0.4, 0.5) is 21.0 Å². The zero-order chi connectivity index (χ0) is 40.5. The highest BCUT2D eigenvalue weighted by Crippen LogP contribution is 2.34. The lowest BCUT2D eigenvalue weighted by atomic mass is 9.78. The fourth-order valence-corrected chi connectivity index (χ4v) is 9.25. The number of likely N-dealkylation sites (tertiary alicyclic amines) is 3. The molecule has 13 nitrogen and oxygen atoms in total. The van der Waals surface area contributed by atoms with E-state index in [1.807, 2.05) is 61.2 Å². The van der Waals surface area contributed by atoms with Crippen LogP contribution >= 0.6 is 11.6 Å². The Hall–Kier alpha value is -4.07. The van der Waals surface area contributed by atoms with Crippen LogP contribution in [0.3, 0.4) is 0 Å². The van der Waals surface area contributed by atoms with E-state index < -0.39 is 12.2 Å². The van der Waals surface area contributed by atoms with E-state index in [4.69, 9.17) is 26.8 Å². The molecule has 57 heavy (non-hydrogen) atoms. The van der Waals surface area contributed by atoms with Crippen molar-refractivity contribution in [3.63, 3.8) is 0 Å². The number of para-hydroxylation sites is 1. The second-order valence-corrected chi connectivity index (χ2v) is 17.0. The lowest BCUT2D eigenvalue weighted by molar-refractivity contribution is -0.144. The number of nitrogen functional groups attached to an aromatic ring is 1. The quantitative estimate of drug-likeness (QED) is 0.149. The number of anilines is 2. The van der Waals surface area contributed by atoms with E-state index in [2.05, 4.69) is 15.1 Å². The number of rotatable bonds is 13. The molecule has 4 heterocycles. The molecule has 2 aromatic rings. The third kappa shape index (κ3) is 11.5. The topological polar surface area (TPSA) is 141 Å². The minimum Gasteiger partial charge on any atom is -0.466 e. The molecule has 3 fully saturated rings. The first-order valence-electron chi connectivity index (χ1n) is 20.9. The van der Waals surface area contributed by atoms with E-state index in [1.165, 1.54) is 0 Å². The molecule has 3 saturated heterocycles. The van der Waals surface area contributed by atoms with Crippen LogP contribution in [0.2, 0.25) is 5.02 Å². The molecule has 14 heteroatoms. The predicted molar refractivity (Wildman–Crippen MR) is 222 cm³/mol. The van der Waals surface area contributed by atoms with Gasteiger partial charge in [-0.2, -0.15) is 0 Å². The average Bonchev–Trinajstić information content (AvgIpc) is 3.38. The van der Waals surface area contributed by atoms with E-state index in [1.54, 1.807) is 11.0 Å². The molecule has 4 aliphatic heterocycles. The first kappa shape index (κ1) is 42.5. The number of nitrogens with two attached hydrogens (primary N) is 1. The maximum absolute atomic E-state index is 14.2. The molecular formula is C43H62ClN7O6. The summed E-state index contributed by atoms with van der Waals surface area (Å²) < 4.78 is 11.5. The highest BCUT2D eigenvalue weighted by Gasteiger charge is 2.37. The second-order valence-electron chi connectivity index (χ2n) is 16.6. The van der Waals surface area contributed by atoms with Crippen LogP contribution in [0.1, 0.15) is 68.1 Å². The van der Waals surface area contributed by atoms with Gasteiger partial charge in [-0.1, -0.05) is 35.9 Å². The number of nitrogens with one attached hydrogen (secondary N) is 1. The van der Waals surface area contributed by atoms with Crippen molar-refractivity contribution in [1.29, 1.82) is 0 Å². The van der Waals surface area contributed by atoms with Crippen molar-refractivity contribution in [2.24, 2.45) is 11.8 Å². The average molecular weight is 808 g/mol. The van der Waals surface area contributed by atoms with Crippen molar-refractivity contribution in [3.05, 3.63) is 58.1 Å². The Morgan fingerprint density at radius 1 is 0.930 bits per heavy atom. The standard InChI is InChI=1S/C43H62ClN7O6/c1-30-27-31(28-36(44)40(30)45)29-38(57-43(55)50-23-14-35(15-24-50)51-25-13-34-7-4-5-8-37(34)46-42(51)54)41(53)49-21-11-33(12-22-49)32-9-18-48(19-10-32)20-16-39(52)56-26-6-17-47(2)3/h4-5,7-8,27-28,32-33,35,38H,6,9-26,29,45H2,1-3H3,(H,46,54)/t38-/m1/s1. The summed E-state index contributed by atoms with van der Waals surface area (Å²) in [4.78, 5) is 63.2. The minimum absolute atomic E-state index is 0.000960. The first-order valence-corrected chi connectivity index (χ1v) is 21.3. The number of hydrogen-bond donors (Lipinski definition) is 2. The Kier molecular flexibility index (Phi) is 15.0. The van der Waals surface area contributed by atoms with E-state index in [9.17, 15) is 19.2 Å². The molecule has 0 aliphatic carbocycles. The van der Waals surface area contributed by atoms with Crippen molar-refractivity contribution in [3.8, 4) is 0 Å². The molecule has 4 amide bonds. The number of carbonyl (C=O) groups excluding carboxylic acids is 4. The van der Waals surface area contributed by atoms with Gasteiger partial charge in [-0.15, -0.1) is 0 Å². The summed E-state index contributed by atoms with van der Waals surface area (Å²) in [5.41, 5.74) is 10.2. The summed E-state index contributed by atoms with van der Waals surface area (Å²) in [6.45, 7) is 8.62. The summed E-state index contributed by atoms with van der Waals surface area (Å²) in [6, 6.07) is 11.4. The number of hydrogen-bond acceptors (Lipinski definition) is 9. The van der Waals surface area contributed by atoms with Gasteiger partial charge >= 0.3 is 18.1 Å². The Morgan fingerprint density at radius 3 is 2.28 bits per heavy atom. The summed E-state index contributed by atoms with van der Waals surface area (Å²) in [6.07, 6.45) is 5.94. The van der Waals surface area contributed by atoms with Gasteiger partial charge in [-0.05, 0) is 126 Å². The zero-order valence-corrected chi connectivity index (χ0v) is 34.8. The van der Waals surface area contributed by atoms with Gasteiger partial charge < -0.3 is 45.0 Å². The zero-order valence-electron chi connectivity index (χ0n) is 34.1. The van der Waals surface area contributed by atoms with Gasteiger partial charge in [0.15, 0.2) is 6.10 Å². The second kappa shape index (κ2) is 20.1. The first-order chi connectivity index (χ1) is 27.4. The predicted octanol–water partition coefficient (Wildman–Crippen LogP) is 5.67. The molecule has 0 aromatic heterocycles. The van der Waals surface area contributed by atoms with E-state index >= 15 is 0 Å². The van der Waals surface area contributed by atoms with Gasteiger partial charge in [0.25, 0.3) is 5.91 Å². The summed E-state index contributed by atoms with van der Waals surface area (Å²) in [7, 11) is 4.02. The van der Waals surface area contributed by atoms with Crippen molar-refractivity contribution in [2.75, 3.05) is 90.7 Å². The van der Waals surface area contributed by atoms with Crippen LogP contribution in [0.5, 0.6) is 0 Å². The van der Waals surface area contributed by atoms with Crippen LogP contribution in [0.25, 0.3) is 0 Å². The lowest BCUT2D eigenvalue weighted by Gasteiger charge is -2.41. The number of benzene rings is 2. The van der Waals surface area contributed by atoms with Gasteiger partial charge in [-0.25, -0.2) is 9.59 Å². The van der Waals surface area contributed by atoms with Crippen LogP contribution in [-0.4, -0.2) is 140 Å². The van der Waals surface area contributed by atoms with Crippen LogP contribution < -0.4 is 11.1 Å².